The molecule has 1 aliphatic heterocycles. The second-order valence-corrected chi connectivity index (χ2v) is 7.21. The predicted octanol–water partition coefficient (Wildman–Crippen LogP) is 2.27. The number of amides is 2. The van der Waals surface area contributed by atoms with E-state index in [-0.39, 0.29) is 24.3 Å². The van der Waals surface area contributed by atoms with Crippen LogP contribution in [0, 0.1) is 6.92 Å². The van der Waals surface area contributed by atoms with Crippen LogP contribution in [0.15, 0.2) is 36.5 Å². The number of aryl methyl sites for hydroxylation is 1. The first-order valence-electron chi connectivity index (χ1n) is 9.46. The maximum Gasteiger partial charge on any atom is 0.260 e. The third-order valence-electron chi connectivity index (χ3n) is 4.88. The van der Waals surface area contributed by atoms with Crippen LogP contribution in [0.4, 0.5) is 0 Å². The van der Waals surface area contributed by atoms with Crippen molar-refractivity contribution in [2.45, 2.75) is 25.7 Å². The smallest absolute Gasteiger partial charge is 0.260 e. The van der Waals surface area contributed by atoms with E-state index in [4.69, 9.17) is 4.74 Å². The number of para-hydroxylation sites is 1. The van der Waals surface area contributed by atoms with Crippen molar-refractivity contribution < 1.29 is 14.3 Å². The summed E-state index contributed by atoms with van der Waals surface area (Å²) in [6.07, 6.45) is 3.41. The number of nitrogens with zero attached hydrogens (tertiary/aromatic N) is 4. The molecule has 1 aromatic carbocycles. The third kappa shape index (κ3) is 4.65. The van der Waals surface area contributed by atoms with Gasteiger partial charge in [-0.05, 0) is 31.9 Å². The Morgan fingerprint density at radius 1 is 1.25 bits per heavy atom. The van der Waals surface area contributed by atoms with Gasteiger partial charge >= 0.3 is 0 Å². The van der Waals surface area contributed by atoms with Crippen LogP contribution in [-0.4, -0.2) is 65.4 Å². The molecular formula is C21H26N4O3. The first-order valence-corrected chi connectivity index (χ1v) is 9.46. The standard InChI is InChI=1S/C21H26N4O3/c1-15-18(21(27)24(2)3)12-22-20(23-15)16-8-7-11-25(13-16)19(26)14-28-17-9-5-4-6-10-17/h4-6,9-10,12,16H,7-8,11,13-14H2,1-3H3. The van der Waals surface area contributed by atoms with Crippen molar-refractivity contribution in [3.8, 4) is 5.75 Å². The van der Waals surface area contributed by atoms with E-state index in [0.717, 1.165) is 12.8 Å². The van der Waals surface area contributed by atoms with Crippen LogP contribution in [0.3, 0.4) is 0 Å². The molecule has 7 nitrogen and oxygen atoms in total. The molecule has 2 heterocycles. The summed E-state index contributed by atoms with van der Waals surface area (Å²) in [7, 11) is 3.41. The zero-order valence-electron chi connectivity index (χ0n) is 16.6. The van der Waals surface area contributed by atoms with Crippen molar-refractivity contribution in [3.05, 3.63) is 53.6 Å². The van der Waals surface area contributed by atoms with E-state index in [1.165, 1.54) is 4.90 Å². The van der Waals surface area contributed by atoms with Gasteiger partial charge in [0.25, 0.3) is 11.8 Å². The maximum absolute atomic E-state index is 12.5. The van der Waals surface area contributed by atoms with E-state index < -0.39 is 0 Å². The summed E-state index contributed by atoms with van der Waals surface area (Å²) in [5.41, 5.74) is 1.17. The van der Waals surface area contributed by atoms with Gasteiger partial charge in [0.15, 0.2) is 6.61 Å². The minimum Gasteiger partial charge on any atom is -0.484 e. The molecule has 3 rings (SSSR count). The highest BCUT2D eigenvalue weighted by molar-refractivity contribution is 5.94. The molecule has 1 saturated heterocycles. The Morgan fingerprint density at radius 3 is 2.68 bits per heavy atom. The predicted molar refractivity (Wildman–Crippen MR) is 105 cm³/mol. The van der Waals surface area contributed by atoms with E-state index in [0.29, 0.717) is 35.9 Å². The normalized spacial score (nSPS) is 16.5. The molecule has 0 bridgehead atoms. The highest BCUT2D eigenvalue weighted by atomic mass is 16.5. The molecule has 1 aliphatic rings. The molecule has 0 spiro atoms. The molecule has 0 radical (unpaired) electrons. The number of hydrogen-bond donors (Lipinski definition) is 0. The highest BCUT2D eigenvalue weighted by Crippen LogP contribution is 2.25. The number of piperidine rings is 1. The fourth-order valence-electron chi connectivity index (χ4n) is 3.30. The SMILES string of the molecule is Cc1nc(C2CCCN(C(=O)COc3ccccc3)C2)ncc1C(=O)N(C)C. The van der Waals surface area contributed by atoms with E-state index in [9.17, 15) is 9.59 Å². The molecule has 0 aliphatic carbocycles. The average molecular weight is 382 g/mol. The number of carbonyl (C=O) groups excluding carboxylic acids is 2. The van der Waals surface area contributed by atoms with Crippen LogP contribution in [0.5, 0.6) is 5.75 Å². The van der Waals surface area contributed by atoms with Gasteiger partial charge in [0.2, 0.25) is 0 Å². The van der Waals surface area contributed by atoms with Crippen LogP contribution in [0.2, 0.25) is 0 Å². The average Bonchev–Trinajstić information content (AvgIpc) is 2.72. The summed E-state index contributed by atoms with van der Waals surface area (Å²) in [6.45, 7) is 3.12. The topological polar surface area (TPSA) is 75.6 Å². The molecule has 2 aromatic rings. The van der Waals surface area contributed by atoms with Crippen molar-refractivity contribution in [1.29, 1.82) is 0 Å². The lowest BCUT2D eigenvalue weighted by atomic mass is 9.97. The molecule has 1 aromatic heterocycles. The zero-order chi connectivity index (χ0) is 20.1. The van der Waals surface area contributed by atoms with Gasteiger partial charge in [0.1, 0.15) is 11.6 Å². The fourth-order valence-corrected chi connectivity index (χ4v) is 3.30. The van der Waals surface area contributed by atoms with Crippen molar-refractivity contribution in [1.82, 2.24) is 19.8 Å². The third-order valence-corrected chi connectivity index (χ3v) is 4.88. The van der Waals surface area contributed by atoms with E-state index in [1.54, 1.807) is 20.3 Å². The Hall–Kier alpha value is -2.96. The van der Waals surface area contributed by atoms with Crippen LogP contribution in [-0.2, 0) is 4.79 Å². The first kappa shape index (κ1) is 19.8. The highest BCUT2D eigenvalue weighted by Gasteiger charge is 2.27. The number of ether oxygens (including phenoxy) is 1. The second kappa shape index (κ2) is 8.82. The number of hydrogen-bond acceptors (Lipinski definition) is 5. The zero-order valence-corrected chi connectivity index (χ0v) is 16.6. The van der Waals surface area contributed by atoms with Gasteiger partial charge in [-0.25, -0.2) is 9.97 Å². The fraction of sp³-hybridized carbons (Fsp3) is 0.429. The minimum atomic E-state index is -0.109. The lowest BCUT2D eigenvalue weighted by Crippen LogP contribution is -2.42. The molecule has 1 unspecified atom stereocenters. The van der Waals surface area contributed by atoms with Crippen molar-refractivity contribution in [3.63, 3.8) is 0 Å². The molecule has 1 fully saturated rings. The molecular weight excluding hydrogens is 356 g/mol. The maximum atomic E-state index is 12.5. The summed E-state index contributed by atoms with van der Waals surface area (Å²) in [5.74, 6) is 1.29. The largest absolute Gasteiger partial charge is 0.484 e. The lowest BCUT2D eigenvalue weighted by Gasteiger charge is -2.32. The minimum absolute atomic E-state index is 0.0207. The van der Waals surface area contributed by atoms with Gasteiger partial charge < -0.3 is 14.5 Å². The number of likely N-dealkylation sites (tertiary alicyclic amines) is 1. The summed E-state index contributed by atoms with van der Waals surface area (Å²) in [4.78, 5) is 37.0. The quantitative estimate of drug-likeness (QED) is 0.793. The molecule has 7 heteroatoms. The van der Waals surface area contributed by atoms with Gasteiger partial charge in [-0.15, -0.1) is 0 Å². The molecule has 0 saturated carbocycles. The summed E-state index contributed by atoms with van der Waals surface area (Å²) in [5, 5.41) is 0. The summed E-state index contributed by atoms with van der Waals surface area (Å²) < 4.78 is 5.58. The Morgan fingerprint density at radius 2 is 2.00 bits per heavy atom. The number of benzene rings is 1. The summed E-state index contributed by atoms with van der Waals surface area (Å²) >= 11 is 0. The monoisotopic (exact) mass is 382 g/mol. The van der Waals surface area contributed by atoms with Crippen molar-refractivity contribution in [2.75, 3.05) is 33.8 Å². The Bertz CT molecular complexity index is 839. The van der Waals surface area contributed by atoms with Crippen LogP contribution in [0.1, 0.15) is 40.6 Å². The van der Waals surface area contributed by atoms with Gasteiger partial charge in [-0.2, -0.15) is 0 Å². The Labute approximate surface area is 165 Å². The van der Waals surface area contributed by atoms with E-state index in [2.05, 4.69) is 9.97 Å². The lowest BCUT2D eigenvalue weighted by molar-refractivity contribution is -0.134. The van der Waals surface area contributed by atoms with Gasteiger partial charge in [-0.3, -0.25) is 9.59 Å². The number of rotatable bonds is 5. The van der Waals surface area contributed by atoms with Crippen LogP contribution >= 0.6 is 0 Å². The molecule has 148 valence electrons. The Kier molecular flexibility index (Phi) is 6.23. The van der Waals surface area contributed by atoms with Gasteiger partial charge in [0.05, 0.1) is 11.3 Å². The summed E-state index contributed by atoms with van der Waals surface area (Å²) in [6, 6.07) is 9.32. The molecule has 2 amide bonds. The number of carbonyl (C=O) groups is 2. The van der Waals surface area contributed by atoms with Gasteiger partial charge in [0, 0.05) is 39.3 Å². The first-order chi connectivity index (χ1) is 13.5. The molecule has 28 heavy (non-hydrogen) atoms. The molecule has 1 atom stereocenters. The van der Waals surface area contributed by atoms with E-state index >= 15 is 0 Å². The number of aromatic nitrogens is 2. The Balaban J connectivity index is 1.63. The second-order valence-electron chi connectivity index (χ2n) is 7.21. The van der Waals surface area contributed by atoms with Crippen LogP contribution < -0.4 is 4.74 Å². The van der Waals surface area contributed by atoms with E-state index in [1.807, 2.05) is 42.2 Å². The van der Waals surface area contributed by atoms with Gasteiger partial charge in [-0.1, -0.05) is 18.2 Å². The van der Waals surface area contributed by atoms with Crippen molar-refractivity contribution in [2.24, 2.45) is 0 Å². The van der Waals surface area contributed by atoms with Crippen molar-refractivity contribution >= 4 is 11.8 Å². The van der Waals surface area contributed by atoms with Crippen LogP contribution in [0.25, 0.3) is 0 Å². The molecule has 0 N–H and O–H groups in total.